The number of ether oxygens (including phenoxy) is 2. The average molecular weight is 270 g/mol. The Morgan fingerprint density at radius 3 is 2.60 bits per heavy atom. The first-order valence-electron chi connectivity index (χ1n) is 6.09. The summed E-state index contributed by atoms with van der Waals surface area (Å²) in [5, 5.41) is 0. The van der Waals surface area contributed by atoms with E-state index in [0.29, 0.717) is 22.9 Å². The molecule has 2 aromatic carbocycles. The molecule has 0 aliphatic heterocycles. The number of rotatable bonds is 3. The maximum atomic E-state index is 5.89. The zero-order valence-electron chi connectivity index (χ0n) is 11.2. The molecule has 0 amide bonds. The van der Waals surface area contributed by atoms with Crippen molar-refractivity contribution >= 4 is 16.8 Å². The number of nitrogen functional groups attached to an aromatic ring is 1. The Kier molecular flexibility index (Phi) is 2.95. The average Bonchev–Trinajstić information content (AvgIpc) is 2.89. The molecule has 0 unspecified atom stereocenters. The third kappa shape index (κ3) is 2.03. The van der Waals surface area contributed by atoms with Gasteiger partial charge in [-0.25, -0.2) is 4.98 Å². The van der Waals surface area contributed by atoms with Crippen LogP contribution in [-0.2, 0) is 0 Å². The molecule has 0 spiro atoms. The minimum absolute atomic E-state index is 0.516. The molecular weight excluding hydrogens is 256 g/mol. The summed E-state index contributed by atoms with van der Waals surface area (Å²) >= 11 is 0. The van der Waals surface area contributed by atoms with Crippen molar-refractivity contribution in [3.05, 3.63) is 36.4 Å². The molecule has 0 aliphatic carbocycles. The van der Waals surface area contributed by atoms with Gasteiger partial charge < -0.3 is 19.6 Å². The number of anilines is 1. The van der Waals surface area contributed by atoms with Crippen LogP contribution in [0.5, 0.6) is 11.5 Å². The summed E-state index contributed by atoms with van der Waals surface area (Å²) in [7, 11) is 3.19. The molecule has 3 aromatic rings. The van der Waals surface area contributed by atoms with Gasteiger partial charge in [0, 0.05) is 11.6 Å². The van der Waals surface area contributed by atoms with Gasteiger partial charge in [0.15, 0.2) is 5.58 Å². The van der Waals surface area contributed by atoms with Crippen molar-refractivity contribution < 1.29 is 13.9 Å². The van der Waals surface area contributed by atoms with Crippen molar-refractivity contribution in [1.29, 1.82) is 0 Å². The van der Waals surface area contributed by atoms with Gasteiger partial charge in [-0.15, -0.1) is 0 Å². The molecule has 20 heavy (non-hydrogen) atoms. The lowest BCUT2D eigenvalue weighted by Crippen LogP contribution is -1.92. The maximum Gasteiger partial charge on any atom is 0.227 e. The summed E-state index contributed by atoms with van der Waals surface area (Å²) < 4.78 is 16.0. The largest absolute Gasteiger partial charge is 0.497 e. The highest BCUT2D eigenvalue weighted by Gasteiger charge is 2.10. The second-order valence-electron chi connectivity index (χ2n) is 4.31. The van der Waals surface area contributed by atoms with Gasteiger partial charge >= 0.3 is 0 Å². The van der Waals surface area contributed by atoms with Gasteiger partial charge in [-0.1, -0.05) is 0 Å². The number of aromatic nitrogens is 1. The predicted molar refractivity (Wildman–Crippen MR) is 77.0 cm³/mol. The van der Waals surface area contributed by atoms with Gasteiger partial charge in [0.25, 0.3) is 0 Å². The van der Waals surface area contributed by atoms with Crippen molar-refractivity contribution in [3.63, 3.8) is 0 Å². The number of fused-ring (bicyclic) bond motifs is 1. The summed E-state index contributed by atoms with van der Waals surface area (Å²) in [5.74, 6) is 1.88. The Morgan fingerprint density at radius 1 is 1.05 bits per heavy atom. The first kappa shape index (κ1) is 12.3. The number of benzene rings is 2. The zero-order chi connectivity index (χ0) is 14.1. The van der Waals surface area contributed by atoms with Gasteiger partial charge in [-0.2, -0.15) is 0 Å². The van der Waals surface area contributed by atoms with E-state index in [0.717, 1.165) is 16.8 Å². The van der Waals surface area contributed by atoms with E-state index in [-0.39, 0.29) is 0 Å². The predicted octanol–water partition coefficient (Wildman–Crippen LogP) is 3.09. The minimum atomic E-state index is 0.516. The molecule has 0 fully saturated rings. The second kappa shape index (κ2) is 4.77. The quantitative estimate of drug-likeness (QED) is 0.740. The molecule has 0 radical (unpaired) electrons. The van der Waals surface area contributed by atoms with Crippen LogP contribution >= 0.6 is 0 Å². The highest BCUT2D eigenvalue weighted by Crippen LogP contribution is 2.31. The molecule has 3 rings (SSSR count). The van der Waals surface area contributed by atoms with Crippen LogP contribution in [0.3, 0.4) is 0 Å². The first-order chi connectivity index (χ1) is 9.71. The molecule has 0 saturated carbocycles. The van der Waals surface area contributed by atoms with Crippen molar-refractivity contribution in [2.45, 2.75) is 0 Å². The Morgan fingerprint density at radius 2 is 1.90 bits per heavy atom. The van der Waals surface area contributed by atoms with Crippen molar-refractivity contribution in [2.75, 3.05) is 20.0 Å². The minimum Gasteiger partial charge on any atom is -0.497 e. The van der Waals surface area contributed by atoms with E-state index >= 15 is 0 Å². The summed E-state index contributed by atoms with van der Waals surface area (Å²) in [6, 6.07) is 10.9. The highest BCUT2D eigenvalue weighted by atomic mass is 16.5. The maximum absolute atomic E-state index is 5.89. The Labute approximate surface area is 115 Å². The topological polar surface area (TPSA) is 70.5 Å². The molecule has 5 heteroatoms. The van der Waals surface area contributed by atoms with E-state index in [1.165, 1.54) is 0 Å². The van der Waals surface area contributed by atoms with Crippen LogP contribution < -0.4 is 15.2 Å². The third-order valence-electron chi connectivity index (χ3n) is 3.07. The Hall–Kier alpha value is -2.69. The fourth-order valence-corrected chi connectivity index (χ4v) is 2.02. The number of nitrogens with two attached hydrogens (primary N) is 1. The Balaban J connectivity index is 2.07. The van der Waals surface area contributed by atoms with E-state index in [4.69, 9.17) is 19.6 Å². The summed E-state index contributed by atoms with van der Waals surface area (Å²) in [6.07, 6.45) is 0. The molecule has 0 atom stereocenters. The van der Waals surface area contributed by atoms with E-state index in [1.54, 1.807) is 32.4 Å². The molecule has 0 saturated heterocycles. The van der Waals surface area contributed by atoms with Gasteiger partial charge in [0.05, 0.1) is 19.9 Å². The smallest absolute Gasteiger partial charge is 0.227 e. The molecule has 0 aliphatic rings. The summed E-state index contributed by atoms with van der Waals surface area (Å²) in [4.78, 5) is 4.44. The fourth-order valence-electron chi connectivity index (χ4n) is 2.02. The number of nitrogens with zero attached hydrogens (tertiary/aromatic N) is 1. The first-order valence-corrected chi connectivity index (χ1v) is 6.09. The summed E-state index contributed by atoms with van der Waals surface area (Å²) in [6.45, 7) is 0. The van der Waals surface area contributed by atoms with Crippen LogP contribution in [0.25, 0.3) is 22.6 Å². The zero-order valence-corrected chi connectivity index (χ0v) is 11.2. The lowest BCUT2D eigenvalue weighted by Gasteiger charge is -2.04. The highest BCUT2D eigenvalue weighted by molar-refractivity contribution is 5.78. The monoisotopic (exact) mass is 270 g/mol. The lowest BCUT2D eigenvalue weighted by atomic mass is 10.2. The molecule has 1 heterocycles. The standard InChI is InChI=1S/C15H14N2O3/c1-18-10-4-5-12-14(8-10)20-15(17-12)9-3-6-13(19-2)11(16)7-9/h3-8H,16H2,1-2H3. The van der Waals surface area contributed by atoms with Gasteiger partial charge in [0.2, 0.25) is 5.89 Å². The molecular formula is C15H14N2O3. The van der Waals surface area contributed by atoms with Crippen LogP contribution in [0.4, 0.5) is 5.69 Å². The van der Waals surface area contributed by atoms with E-state index in [9.17, 15) is 0 Å². The van der Waals surface area contributed by atoms with E-state index in [1.807, 2.05) is 18.2 Å². The third-order valence-corrected chi connectivity index (χ3v) is 3.07. The fraction of sp³-hybridized carbons (Fsp3) is 0.133. The molecule has 2 N–H and O–H groups in total. The molecule has 1 aromatic heterocycles. The number of oxazole rings is 1. The molecule has 5 nitrogen and oxygen atoms in total. The SMILES string of the molecule is COc1ccc2nc(-c3ccc(OC)c(N)c3)oc2c1. The van der Waals surface area contributed by atoms with Gasteiger partial charge in [0.1, 0.15) is 17.0 Å². The van der Waals surface area contributed by atoms with Crippen LogP contribution in [-0.4, -0.2) is 19.2 Å². The number of hydrogen-bond donors (Lipinski definition) is 1. The normalized spacial score (nSPS) is 10.7. The van der Waals surface area contributed by atoms with Crippen LogP contribution in [0.2, 0.25) is 0 Å². The van der Waals surface area contributed by atoms with Crippen LogP contribution in [0, 0.1) is 0 Å². The van der Waals surface area contributed by atoms with Crippen molar-refractivity contribution in [2.24, 2.45) is 0 Å². The molecule has 0 bridgehead atoms. The summed E-state index contributed by atoms with van der Waals surface area (Å²) in [5.41, 5.74) is 8.69. The second-order valence-corrected chi connectivity index (χ2v) is 4.31. The number of hydrogen-bond acceptors (Lipinski definition) is 5. The van der Waals surface area contributed by atoms with Crippen LogP contribution in [0.15, 0.2) is 40.8 Å². The Bertz CT molecular complexity index is 765. The number of methoxy groups -OCH3 is 2. The van der Waals surface area contributed by atoms with Gasteiger partial charge in [-0.05, 0) is 30.3 Å². The van der Waals surface area contributed by atoms with Crippen molar-refractivity contribution in [1.82, 2.24) is 4.98 Å². The molecule has 102 valence electrons. The van der Waals surface area contributed by atoms with Crippen LogP contribution in [0.1, 0.15) is 0 Å². The van der Waals surface area contributed by atoms with Gasteiger partial charge in [-0.3, -0.25) is 0 Å². The van der Waals surface area contributed by atoms with Crippen molar-refractivity contribution in [3.8, 4) is 23.0 Å². The van der Waals surface area contributed by atoms with E-state index in [2.05, 4.69) is 4.98 Å². The van der Waals surface area contributed by atoms with E-state index < -0.39 is 0 Å². The lowest BCUT2D eigenvalue weighted by molar-refractivity contribution is 0.414.